The molecule has 0 aliphatic heterocycles. The maximum Gasteiger partial charge on any atom is 0.119 e. The van der Waals surface area contributed by atoms with Crippen LogP contribution in [0.4, 0.5) is 0 Å². The van der Waals surface area contributed by atoms with E-state index in [1.807, 2.05) is 24.3 Å². The van der Waals surface area contributed by atoms with Gasteiger partial charge in [-0.1, -0.05) is 26.0 Å². The number of benzene rings is 1. The van der Waals surface area contributed by atoms with Crippen LogP contribution in [-0.4, -0.2) is 17.8 Å². The minimum absolute atomic E-state index is 0.301. The van der Waals surface area contributed by atoms with Gasteiger partial charge >= 0.3 is 0 Å². The highest BCUT2D eigenvalue weighted by molar-refractivity contribution is 5.28. The Hall–Kier alpha value is -1.02. The smallest absolute Gasteiger partial charge is 0.119 e. The van der Waals surface area contributed by atoms with Crippen molar-refractivity contribution in [2.75, 3.05) is 6.61 Å². The highest BCUT2D eigenvalue weighted by atomic mass is 16.5. The van der Waals surface area contributed by atoms with Crippen molar-refractivity contribution in [2.24, 2.45) is 5.92 Å². The van der Waals surface area contributed by atoms with Crippen LogP contribution in [0.25, 0.3) is 0 Å². The van der Waals surface area contributed by atoms with Gasteiger partial charge in [-0.05, 0) is 37.0 Å². The Morgan fingerprint density at radius 2 is 2.00 bits per heavy atom. The first-order valence-electron chi connectivity index (χ1n) is 5.47. The molecule has 0 aliphatic carbocycles. The third-order valence-corrected chi connectivity index (χ3v) is 2.01. The lowest BCUT2D eigenvalue weighted by Gasteiger charge is -2.10. The summed E-state index contributed by atoms with van der Waals surface area (Å²) >= 11 is 0. The van der Waals surface area contributed by atoms with Gasteiger partial charge in [0, 0.05) is 0 Å². The summed E-state index contributed by atoms with van der Waals surface area (Å²) in [6.07, 6.45) is 0.379. The van der Waals surface area contributed by atoms with Gasteiger partial charge in [0.25, 0.3) is 0 Å². The lowest BCUT2D eigenvalue weighted by molar-refractivity contribution is 0.195. The normalized spacial score (nSPS) is 12.9. The van der Waals surface area contributed by atoms with Crippen LogP contribution in [-0.2, 0) is 6.42 Å². The predicted molar refractivity (Wildman–Crippen MR) is 62.2 cm³/mol. The fraction of sp³-hybridized carbons (Fsp3) is 0.538. The summed E-state index contributed by atoms with van der Waals surface area (Å²) in [6.45, 7) is 6.78. The first-order valence-corrected chi connectivity index (χ1v) is 5.47. The number of hydrogen-bond acceptors (Lipinski definition) is 2. The Bertz CT molecular complexity index is 292. The second kappa shape index (κ2) is 5.76. The van der Waals surface area contributed by atoms with Gasteiger partial charge in [-0.15, -0.1) is 0 Å². The molecule has 0 heterocycles. The van der Waals surface area contributed by atoms with Crippen LogP contribution in [0.2, 0.25) is 0 Å². The average molecular weight is 208 g/mol. The van der Waals surface area contributed by atoms with Gasteiger partial charge in [0.2, 0.25) is 0 Å². The number of hydrogen-bond donors (Lipinski definition) is 1. The molecular formula is C13H20O2. The molecule has 1 aromatic carbocycles. The molecule has 0 aromatic heterocycles. The van der Waals surface area contributed by atoms with Gasteiger partial charge in [0.05, 0.1) is 12.7 Å². The second-order valence-corrected chi connectivity index (χ2v) is 4.41. The fourth-order valence-electron chi connectivity index (χ4n) is 1.37. The largest absolute Gasteiger partial charge is 0.493 e. The van der Waals surface area contributed by atoms with Gasteiger partial charge in [-0.3, -0.25) is 0 Å². The number of rotatable bonds is 5. The zero-order chi connectivity index (χ0) is 11.3. The molecule has 0 bridgehead atoms. The van der Waals surface area contributed by atoms with E-state index in [1.165, 1.54) is 0 Å². The summed E-state index contributed by atoms with van der Waals surface area (Å²) in [5.74, 6) is 1.42. The molecule has 15 heavy (non-hydrogen) atoms. The number of ether oxygens (including phenoxy) is 1. The van der Waals surface area contributed by atoms with Crippen molar-refractivity contribution in [3.05, 3.63) is 29.8 Å². The molecule has 0 aliphatic rings. The lowest BCUT2D eigenvalue weighted by atomic mass is 10.1. The third-order valence-electron chi connectivity index (χ3n) is 2.01. The van der Waals surface area contributed by atoms with E-state index in [0.717, 1.165) is 17.9 Å². The van der Waals surface area contributed by atoms with Crippen molar-refractivity contribution in [1.29, 1.82) is 0 Å². The molecule has 0 radical (unpaired) electrons. The molecule has 0 saturated heterocycles. The van der Waals surface area contributed by atoms with Gasteiger partial charge in [0.15, 0.2) is 0 Å². The molecular weight excluding hydrogens is 188 g/mol. The minimum atomic E-state index is -0.301. The molecule has 0 saturated carbocycles. The first kappa shape index (κ1) is 12.1. The van der Waals surface area contributed by atoms with E-state index in [0.29, 0.717) is 12.3 Å². The molecule has 1 unspecified atom stereocenters. The Kier molecular flexibility index (Phi) is 4.63. The minimum Gasteiger partial charge on any atom is -0.493 e. The van der Waals surface area contributed by atoms with Crippen LogP contribution < -0.4 is 4.74 Å². The third kappa shape index (κ3) is 4.84. The highest BCUT2D eigenvalue weighted by Gasteiger charge is 2.01. The topological polar surface area (TPSA) is 29.5 Å². The van der Waals surface area contributed by atoms with Crippen LogP contribution in [0.5, 0.6) is 5.75 Å². The second-order valence-electron chi connectivity index (χ2n) is 4.41. The highest BCUT2D eigenvalue weighted by Crippen LogP contribution is 2.15. The summed E-state index contributed by atoms with van der Waals surface area (Å²) < 4.78 is 5.61. The standard InChI is InChI=1S/C13H20O2/c1-10(2)9-15-13-6-4-5-12(8-13)7-11(3)14/h4-6,8,10-11,14H,7,9H2,1-3H3. The molecule has 2 heteroatoms. The molecule has 1 rings (SSSR count). The Morgan fingerprint density at radius 3 is 2.60 bits per heavy atom. The van der Waals surface area contributed by atoms with Crippen LogP contribution in [0.15, 0.2) is 24.3 Å². The summed E-state index contributed by atoms with van der Waals surface area (Å²) in [6, 6.07) is 7.92. The summed E-state index contributed by atoms with van der Waals surface area (Å²) in [4.78, 5) is 0. The molecule has 1 aromatic rings. The summed E-state index contributed by atoms with van der Waals surface area (Å²) in [5.41, 5.74) is 1.12. The van der Waals surface area contributed by atoms with E-state index in [1.54, 1.807) is 6.92 Å². The average Bonchev–Trinajstić information content (AvgIpc) is 2.14. The first-order chi connectivity index (χ1) is 7.08. The quantitative estimate of drug-likeness (QED) is 0.806. The van der Waals surface area contributed by atoms with Crippen molar-refractivity contribution in [2.45, 2.75) is 33.3 Å². The van der Waals surface area contributed by atoms with E-state index in [4.69, 9.17) is 4.74 Å². The van der Waals surface area contributed by atoms with Crippen LogP contribution in [0, 0.1) is 5.92 Å². The number of aliphatic hydroxyl groups excluding tert-OH is 1. The van der Waals surface area contributed by atoms with Crippen molar-refractivity contribution in [3.8, 4) is 5.75 Å². The van der Waals surface area contributed by atoms with Gasteiger partial charge in [0.1, 0.15) is 5.75 Å². The molecule has 0 fully saturated rings. The zero-order valence-electron chi connectivity index (χ0n) is 9.73. The van der Waals surface area contributed by atoms with E-state index in [-0.39, 0.29) is 6.10 Å². The van der Waals surface area contributed by atoms with Crippen molar-refractivity contribution in [3.63, 3.8) is 0 Å². The fourth-order valence-corrected chi connectivity index (χ4v) is 1.37. The molecule has 2 nitrogen and oxygen atoms in total. The molecule has 1 N–H and O–H groups in total. The van der Waals surface area contributed by atoms with E-state index >= 15 is 0 Å². The Labute approximate surface area is 91.9 Å². The Balaban J connectivity index is 2.57. The maximum atomic E-state index is 9.27. The van der Waals surface area contributed by atoms with Crippen molar-refractivity contribution < 1.29 is 9.84 Å². The summed E-state index contributed by atoms with van der Waals surface area (Å²) in [5, 5.41) is 9.27. The maximum absolute atomic E-state index is 9.27. The summed E-state index contributed by atoms with van der Waals surface area (Å²) in [7, 11) is 0. The van der Waals surface area contributed by atoms with E-state index in [9.17, 15) is 5.11 Å². The van der Waals surface area contributed by atoms with Crippen LogP contribution in [0.3, 0.4) is 0 Å². The zero-order valence-corrected chi connectivity index (χ0v) is 9.73. The van der Waals surface area contributed by atoms with Crippen LogP contribution >= 0.6 is 0 Å². The van der Waals surface area contributed by atoms with Crippen LogP contribution in [0.1, 0.15) is 26.3 Å². The van der Waals surface area contributed by atoms with E-state index < -0.39 is 0 Å². The molecule has 0 amide bonds. The predicted octanol–water partition coefficient (Wildman–Crippen LogP) is 2.64. The SMILES string of the molecule is CC(C)COc1cccc(CC(C)O)c1. The molecule has 84 valence electrons. The van der Waals surface area contributed by atoms with Gasteiger partial charge < -0.3 is 9.84 Å². The van der Waals surface area contributed by atoms with Crippen molar-refractivity contribution in [1.82, 2.24) is 0 Å². The monoisotopic (exact) mass is 208 g/mol. The van der Waals surface area contributed by atoms with E-state index in [2.05, 4.69) is 13.8 Å². The molecule has 0 spiro atoms. The van der Waals surface area contributed by atoms with Gasteiger partial charge in [-0.25, -0.2) is 0 Å². The Morgan fingerprint density at radius 1 is 1.27 bits per heavy atom. The molecule has 1 atom stereocenters. The van der Waals surface area contributed by atoms with Crippen molar-refractivity contribution >= 4 is 0 Å². The lowest BCUT2D eigenvalue weighted by Crippen LogP contribution is -2.06. The number of aliphatic hydroxyl groups is 1. The van der Waals surface area contributed by atoms with Gasteiger partial charge in [-0.2, -0.15) is 0 Å².